The van der Waals surface area contributed by atoms with E-state index in [4.69, 9.17) is 5.73 Å². The minimum Gasteiger partial charge on any atom is -0.370 e. The highest BCUT2D eigenvalue weighted by Gasteiger charge is 2.39. The van der Waals surface area contributed by atoms with Gasteiger partial charge in [0.05, 0.1) is 0 Å². The summed E-state index contributed by atoms with van der Waals surface area (Å²) in [6.07, 6.45) is 4.83. The van der Waals surface area contributed by atoms with Gasteiger partial charge in [-0.3, -0.25) is 4.79 Å². The molecule has 1 saturated heterocycles. The van der Waals surface area contributed by atoms with Gasteiger partial charge >= 0.3 is 0 Å². The standard InChI is InChI=1S/C17H21N3O/c1-20-9-10(6-16(18)21)5-13-12-3-2-4-14-17(12)11(8-19-14)7-15(13)20/h2-4,8,10,13,15,19H,5-7,9H2,1H3,(H2,18,21)/t10-,13+,15+/m0/s1. The molecule has 3 N–H and O–H groups in total. The second-order valence-electron chi connectivity index (χ2n) is 6.67. The molecule has 1 aliphatic heterocycles. The molecule has 21 heavy (non-hydrogen) atoms. The number of likely N-dealkylation sites (N-methyl/N-ethyl adjacent to an activating group) is 1. The van der Waals surface area contributed by atoms with Gasteiger partial charge in [-0.05, 0) is 43.0 Å². The zero-order chi connectivity index (χ0) is 14.6. The van der Waals surface area contributed by atoms with Crippen LogP contribution in [0, 0.1) is 5.92 Å². The number of aromatic amines is 1. The Hall–Kier alpha value is -1.81. The lowest BCUT2D eigenvalue weighted by Gasteiger charge is -2.45. The number of carbonyl (C=O) groups is 1. The van der Waals surface area contributed by atoms with Gasteiger partial charge in [0.25, 0.3) is 0 Å². The largest absolute Gasteiger partial charge is 0.370 e. The first-order valence-electron chi connectivity index (χ1n) is 7.71. The van der Waals surface area contributed by atoms with Crippen molar-refractivity contribution in [2.45, 2.75) is 31.2 Å². The van der Waals surface area contributed by atoms with E-state index in [1.165, 1.54) is 22.0 Å². The molecular formula is C17H21N3O. The van der Waals surface area contributed by atoms with E-state index < -0.39 is 0 Å². The van der Waals surface area contributed by atoms with Gasteiger partial charge in [-0.25, -0.2) is 0 Å². The molecule has 1 aliphatic carbocycles. The number of rotatable bonds is 2. The number of likely N-dealkylation sites (tertiary alicyclic amines) is 1. The number of hydrogen-bond acceptors (Lipinski definition) is 2. The van der Waals surface area contributed by atoms with E-state index in [1.807, 2.05) is 0 Å². The van der Waals surface area contributed by atoms with Crippen molar-refractivity contribution < 1.29 is 4.79 Å². The fourth-order valence-corrected chi connectivity index (χ4v) is 4.49. The molecule has 1 amide bonds. The van der Waals surface area contributed by atoms with Gasteiger partial charge in [-0.1, -0.05) is 12.1 Å². The van der Waals surface area contributed by atoms with Crippen LogP contribution in [0.4, 0.5) is 0 Å². The van der Waals surface area contributed by atoms with Gasteiger partial charge in [-0.2, -0.15) is 0 Å². The third kappa shape index (κ3) is 1.97. The van der Waals surface area contributed by atoms with Crippen molar-refractivity contribution in [3.05, 3.63) is 35.5 Å². The molecule has 1 fully saturated rings. The Kier molecular flexibility index (Phi) is 2.82. The SMILES string of the molecule is CN1C[C@H](CC(N)=O)C[C@@H]2c3cccc4[nH]cc(c34)C[C@H]21. The minimum atomic E-state index is -0.178. The molecule has 0 spiro atoms. The molecule has 0 bridgehead atoms. The number of amides is 1. The molecule has 1 aromatic carbocycles. The van der Waals surface area contributed by atoms with Crippen molar-refractivity contribution in [1.82, 2.24) is 9.88 Å². The molecule has 0 saturated carbocycles. The number of benzene rings is 1. The molecule has 3 atom stereocenters. The summed E-state index contributed by atoms with van der Waals surface area (Å²) in [6.45, 7) is 0.972. The van der Waals surface area contributed by atoms with E-state index in [1.54, 1.807) is 0 Å². The average molecular weight is 283 g/mol. The predicted octanol–water partition coefficient (Wildman–Crippen LogP) is 2.00. The summed E-state index contributed by atoms with van der Waals surface area (Å²) in [5.74, 6) is 0.716. The summed E-state index contributed by atoms with van der Waals surface area (Å²) in [5.41, 5.74) is 9.53. The number of primary amides is 1. The Labute approximate surface area is 124 Å². The van der Waals surface area contributed by atoms with Gasteiger partial charge in [0.15, 0.2) is 0 Å². The highest BCUT2D eigenvalue weighted by Crippen LogP contribution is 2.44. The van der Waals surface area contributed by atoms with Crippen LogP contribution in [0.5, 0.6) is 0 Å². The third-order valence-corrected chi connectivity index (χ3v) is 5.30. The van der Waals surface area contributed by atoms with E-state index in [-0.39, 0.29) is 5.91 Å². The summed E-state index contributed by atoms with van der Waals surface area (Å²) in [5, 5.41) is 1.41. The van der Waals surface area contributed by atoms with Crippen LogP contribution in [0.25, 0.3) is 10.9 Å². The number of nitrogens with one attached hydrogen (secondary N) is 1. The van der Waals surface area contributed by atoms with E-state index in [0.717, 1.165) is 19.4 Å². The first-order chi connectivity index (χ1) is 10.1. The fraction of sp³-hybridized carbons (Fsp3) is 0.471. The molecule has 4 heteroatoms. The Morgan fingerprint density at radius 1 is 1.48 bits per heavy atom. The highest BCUT2D eigenvalue weighted by molar-refractivity contribution is 5.88. The van der Waals surface area contributed by atoms with Crippen molar-refractivity contribution in [3.63, 3.8) is 0 Å². The summed E-state index contributed by atoms with van der Waals surface area (Å²) in [6, 6.07) is 7.09. The lowest BCUT2D eigenvalue weighted by molar-refractivity contribution is -0.119. The number of hydrogen-bond donors (Lipinski definition) is 2. The quantitative estimate of drug-likeness (QED) is 0.885. The zero-order valence-electron chi connectivity index (χ0n) is 12.3. The molecule has 4 nitrogen and oxygen atoms in total. The summed E-state index contributed by atoms with van der Waals surface area (Å²) < 4.78 is 0. The van der Waals surface area contributed by atoms with Crippen molar-refractivity contribution >= 4 is 16.8 Å². The lowest BCUT2D eigenvalue weighted by atomic mass is 9.72. The second kappa shape index (κ2) is 4.60. The van der Waals surface area contributed by atoms with Crippen LogP contribution in [-0.2, 0) is 11.2 Å². The van der Waals surface area contributed by atoms with Crippen molar-refractivity contribution in [1.29, 1.82) is 0 Å². The molecule has 2 aromatic rings. The molecule has 4 rings (SSSR count). The monoisotopic (exact) mass is 283 g/mol. The molecule has 2 aliphatic rings. The first-order valence-corrected chi connectivity index (χ1v) is 7.71. The van der Waals surface area contributed by atoms with Crippen LogP contribution in [0.1, 0.15) is 29.9 Å². The molecular weight excluding hydrogens is 262 g/mol. The maximum absolute atomic E-state index is 11.3. The highest BCUT2D eigenvalue weighted by atomic mass is 16.1. The zero-order valence-corrected chi connectivity index (χ0v) is 12.3. The Morgan fingerprint density at radius 2 is 2.33 bits per heavy atom. The van der Waals surface area contributed by atoms with Crippen LogP contribution in [0.3, 0.4) is 0 Å². The molecule has 110 valence electrons. The normalized spacial score (nSPS) is 28.5. The maximum atomic E-state index is 11.3. The van der Waals surface area contributed by atoms with Crippen molar-refractivity contribution in [2.24, 2.45) is 11.7 Å². The van der Waals surface area contributed by atoms with E-state index in [0.29, 0.717) is 24.3 Å². The van der Waals surface area contributed by atoms with E-state index >= 15 is 0 Å². The maximum Gasteiger partial charge on any atom is 0.217 e. The van der Waals surface area contributed by atoms with Crippen LogP contribution in [-0.4, -0.2) is 35.4 Å². The van der Waals surface area contributed by atoms with E-state index in [9.17, 15) is 4.79 Å². The topological polar surface area (TPSA) is 62.1 Å². The fourth-order valence-electron chi connectivity index (χ4n) is 4.49. The summed E-state index contributed by atoms with van der Waals surface area (Å²) in [7, 11) is 2.18. The minimum absolute atomic E-state index is 0.178. The average Bonchev–Trinajstić information content (AvgIpc) is 2.84. The first kappa shape index (κ1) is 12.9. The number of fused-ring (bicyclic) bond motifs is 2. The van der Waals surface area contributed by atoms with Crippen LogP contribution in [0.15, 0.2) is 24.4 Å². The third-order valence-electron chi connectivity index (χ3n) is 5.30. The number of carbonyl (C=O) groups excluding carboxylic acids is 1. The molecule has 0 unspecified atom stereocenters. The molecule has 0 radical (unpaired) electrons. The van der Waals surface area contributed by atoms with Gasteiger partial charge in [0.1, 0.15) is 0 Å². The number of aromatic nitrogens is 1. The number of nitrogens with zero attached hydrogens (tertiary/aromatic N) is 1. The Bertz CT molecular complexity index is 705. The van der Waals surface area contributed by atoms with Gasteiger partial charge in [-0.15, -0.1) is 0 Å². The molecule has 1 aromatic heterocycles. The smallest absolute Gasteiger partial charge is 0.217 e. The van der Waals surface area contributed by atoms with Crippen molar-refractivity contribution in [3.8, 4) is 0 Å². The predicted molar refractivity (Wildman–Crippen MR) is 83.1 cm³/mol. The summed E-state index contributed by atoms with van der Waals surface area (Å²) >= 11 is 0. The summed E-state index contributed by atoms with van der Waals surface area (Å²) in [4.78, 5) is 17.1. The van der Waals surface area contributed by atoms with Gasteiger partial charge < -0.3 is 15.6 Å². The van der Waals surface area contributed by atoms with Crippen LogP contribution >= 0.6 is 0 Å². The second-order valence-corrected chi connectivity index (χ2v) is 6.67. The van der Waals surface area contributed by atoms with Crippen molar-refractivity contribution in [2.75, 3.05) is 13.6 Å². The Balaban J connectivity index is 1.76. The van der Waals surface area contributed by atoms with Gasteiger partial charge in [0, 0.05) is 42.0 Å². The lowest BCUT2D eigenvalue weighted by Crippen LogP contribution is -2.48. The molecule has 2 heterocycles. The number of piperidine rings is 1. The number of nitrogens with two attached hydrogens (primary N) is 1. The van der Waals surface area contributed by atoms with E-state index in [2.05, 4.69) is 41.3 Å². The van der Waals surface area contributed by atoms with Gasteiger partial charge in [0.2, 0.25) is 5.91 Å². The number of H-pyrrole nitrogens is 1. The van der Waals surface area contributed by atoms with Crippen LogP contribution < -0.4 is 5.73 Å². The Morgan fingerprint density at radius 3 is 3.14 bits per heavy atom. The van der Waals surface area contributed by atoms with Crippen LogP contribution in [0.2, 0.25) is 0 Å².